The van der Waals surface area contributed by atoms with Crippen LogP contribution < -0.4 is 10.6 Å². The molecule has 0 bridgehead atoms. The zero-order chi connectivity index (χ0) is 15.0. The van der Waals surface area contributed by atoms with Crippen LogP contribution in [0.4, 0.5) is 0 Å². The van der Waals surface area contributed by atoms with Crippen molar-refractivity contribution in [2.24, 2.45) is 5.92 Å². The van der Waals surface area contributed by atoms with Crippen molar-refractivity contribution in [1.82, 2.24) is 10.6 Å². The molecular formula is C13H24N2O4. The third-order valence-electron chi connectivity index (χ3n) is 2.61. The van der Waals surface area contributed by atoms with E-state index >= 15 is 0 Å². The third kappa shape index (κ3) is 6.79. The molecule has 0 rings (SSSR count). The summed E-state index contributed by atoms with van der Waals surface area (Å²) in [6.45, 7) is 7.05. The Balaban J connectivity index is 4.69. The zero-order valence-electron chi connectivity index (χ0n) is 12.3. The molecule has 0 unspecified atom stereocenters. The van der Waals surface area contributed by atoms with E-state index < -0.39 is 18.1 Å². The van der Waals surface area contributed by atoms with Crippen molar-refractivity contribution in [2.75, 3.05) is 7.11 Å². The fourth-order valence-corrected chi connectivity index (χ4v) is 1.69. The Bertz CT molecular complexity index is 329. The van der Waals surface area contributed by atoms with Gasteiger partial charge in [0.2, 0.25) is 11.8 Å². The molecule has 0 aliphatic heterocycles. The minimum atomic E-state index is -0.680. The Morgan fingerprint density at radius 3 is 2.05 bits per heavy atom. The molecule has 0 saturated heterocycles. The minimum Gasteiger partial charge on any atom is -0.467 e. The summed E-state index contributed by atoms with van der Waals surface area (Å²) in [5.74, 6) is -0.865. The first-order valence-electron chi connectivity index (χ1n) is 6.47. The molecular weight excluding hydrogens is 248 g/mol. The van der Waals surface area contributed by atoms with E-state index in [9.17, 15) is 14.4 Å². The van der Waals surface area contributed by atoms with Crippen LogP contribution in [0.1, 0.15) is 40.5 Å². The van der Waals surface area contributed by atoms with E-state index in [4.69, 9.17) is 0 Å². The van der Waals surface area contributed by atoms with Crippen LogP contribution >= 0.6 is 0 Å². The molecule has 0 spiro atoms. The van der Waals surface area contributed by atoms with E-state index in [0.717, 1.165) is 0 Å². The van der Waals surface area contributed by atoms with Crippen molar-refractivity contribution in [3.05, 3.63) is 0 Å². The van der Waals surface area contributed by atoms with Gasteiger partial charge >= 0.3 is 5.97 Å². The number of carbonyl (C=O) groups excluding carboxylic acids is 3. The first-order valence-corrected chi connectivity index (χ1v) is 6.47. The van der Waals surface area contributed by atoms with E-state index in [2.05, 4.69) is 15.4 Å². The van der Waals surface area contributed by atoms with Crippen LogP contribution in [-0.2, 0) is 19.1 Å². The SMILES string of the molecule is CC[C@H](NC(=O)[C@H](CC(C)C)NC(C)=O)C(=O)OC. The van der Waals surface area contributed by atoms with Crippen molar-refractivity contribution >= 4 is 17.8 Å². The minimum absolute atomic E-state index is 0.251. The Hall–Kier alpha value is -1.59. The molecule has 2 N–H and O–H groups in total. The number of amides is 2. The van der Waals surface area contributed by atoms with Crippen LogP contribution in [0.15, 0.2) is 0 Å². The van der Waals surface area contributed by atoms with Crippen molar-refractivity contribution in [1.29, 1.82) is 0 Å². The van der Waals surface area contributed by atoms with Crippen molar-refractivity contribution in [3.8, 4) is 0 Å². The molecule has 6 heteroatoms. The number of ether oxygens (including phenoxy) is 1. The number of hydrogen-bond acceptors (Lipinski definition) is 4. The van der Waals surface area contributed by atoms with Gasteiger partial charge in [-0.1, -0.05) is 20.8 Å². The van der Waals surface area contributed by atoms with E-state index in [1.54, 1.807) is 6.92 Å². The van der Waals surface area contributed by atoms with E-state index in [0.29, 0.717) is 12.8 Å². The van der Waals surface area contributed by atoms with Gasteiger partial charge in [0.25, 0.3) is 0 Å². The van der Waals surface area contributed by atoms with Gasteiger partial charge in [0.15, 0.2) is 0 Å². The Morgan fingerprint density at radius 2 is 1.68 bits per heavy atom. The second-order valence-electron chi connectivity index (χ2n) is 4.88. The summed E-state index contributed by atoms with van der Waals surface area (Å²) in [5, 5.41) is 5.19. The van der Waals surface area contributed by atoms with Crippen LogP contribution in [0.2, 0.25) is 0 Å². The van der Waals surface area contributed by atoms with Crippen molar-refractivity contribution < 1.29 is 19.1 Å². The maximum absolute atomic E-state index is 12.1. The monoisotopic (exact) mass is 272 g/mol. The highest BCUT2D eigenvalue weighted by Crippen LogP contribution is 2.06. The van der Waals surface area contributed by atoms with Gasteiger partial charge < -0.3 is 15.4 Å². The second-order valence-corrected chi connectivity index (χ2v) is 4.88. The molecule has 0 fully saturated rings. The van der Waals surface area contributed by atoms with Gasteiger partial charge in [0.05, 0.1) is 7.11 Å². The average Bonchev–Trinajstić information content (AvgIpc) is 2.32. The first kappa shape index (κ1) is 17.4. The molecule has 2 atom stereocenters. The lowest BCUT2D eigenvalue weighted by molar-refractivity contribution is -0.145. The number of esters is 1. The molecule has 0 radical (unpaired) electrons. The summed E-state index contributed by atoms with van der Waals surface area (Å²) < 4.78 is 4.61. The zero-order valence-corrected chi connectivity index (χ0v) is 12.3. The van der Waals surface area contributed by atoms with Crippen LogP contribution in [0, 0.1) is 5.92 Å². The molecule has 2 amide bonds. The highest BCUT2D eigenvalue weighted by Gasteiger charge is 2.25. The number of methoxy groups -OCH3 is 1. The van der Waals surface area contributed by atoms with Crippen molar-refractivity contribution in [2.45, 2.75) is 52.6 Å². The van der Waals surface area contributed by atoms with Crippen LogP contribution in [0.5, 0.6) is 0 Å². The summed E-state index contributed by atoms with van der Waals surface area (Å²) in [6, 6.07) is -1.31. The van der Waals surface area contributed by atoms with E-state index in [1.807, 2.05) is 13.8 Å². The molecule has 0 aliphatic carbocycles. The first-order chi connectivity index (χ1) is 8.81. The molecule has 0 aromatic heterocycles. The summed E-state index contributed by atoms with van der Waals surface area (Å²) in [7, 11) is 1.27. The van der Waals surface area contributed by atoms with Gasteiger partial charge in [-0.3, -0.25) is 9.59 Å². The molecule has 0 aliphatic rings. The highest BCUT2D eigenvalue weighted by atomic mass is 16.5. The molecule has 0 aromatic rings. The third-order valence-corrected chi connectivity index (χ3v) is 2.61. The van der Waals surface area contributed by atoms with Gasteiger partial charge in [-0.15, -0.1) is 0 Å². The summed E-state index contributed by atoms with van der Waals surface area (Å²) in [6.07, 6.45) is 0.954. The predicted octanol–water partition coefficient (Wildman–Crippen LogP) is 0.605. The lowest BCUT2D eigenvalue weighted by Crippen LogP contribution is -2.51. The van der Waals surface area contributed by atoms with Crippen LogP contribution in [0.3, 0.4) is 0 Å². The van der Waals surface area contributed by atoms with Gasteiger partial charge in [-0.05, 0) is 18.8 Å². The van der Waals surface area contributed by atoms with Crippen LogP contribution in [0.25, 0.3) is 0 Å². The predicted molar refractivity (Wildman–Crippen MR) is 71.3 cm³/mol. The lowest BCUT2D eigenvalue weighted by atomic mass is 10.0. The molecule has 0 heterocycles. The molecule has 0 aromatic carbocycles. The number of hydrogen-bond donors (Lipinski definition) is 2. The van der Waals surface area contributed by atoms with Gasteiger partial charge in [0, 0.05) is 6.92 Å². The summed E-state index contributed by atoms with van der Waals surface area (Å²) in [5.41, 5.74) is 0. The number of rotatable bonds is 7. The fraction of sp³-hybridized carbons (Fsp3) is 0.769. The molecule has 0 saturated carbocycles. The fourth-order valence-electron chi connectivity index (χ4n) is 1.69. The average molecular weight is 272 g/mol. The largest absolute Gasteiger partial charge is 0.467 e. The highest BCUT2D eigenvalue weighted by molar-refractivity contribution is 5.90. The Kier molecular flexibility index (Phi) is 7.79. The van der Waals surface area contributed by atoms with E-state index in [1.165, 1.54) is 14.0 Å². The van der Waals surface area contributed by atoms with E-state index in [-0.39, 0.29) is 17.7 Å². The maximum Gasteiger partial charge on any atom is 0.328 e. The van der Waals surface area contributed by atoms with Gasteiger partial charge in [-0.2, -0.15) is 0 Å². The quantitative estimate of drug-likeness (QED) is 0.665. The number of nitrogens with one attached hydrogen (secondary N) is 2. The molecule has 6 nitrogen and oxygen atoms in total. The topological polar surface area (TPSA) is 84.5 Å². The molecule has 19 heavy (non-hydrogen) atoms. The smallest absolute Gasteiger partial charge is 0.328 e. The second kappa shape index (κ2) is 8.50. The summed E-state index contributed by atoms with van der Waals surface area (Å²) >= 11 is 0. The van der Waals surface area contributed by atoms with Crippen LogP contribution in [-0.4, -0.2) is 37.0 Å². The molecule has 110 valence electrons. The van der Waals surface area contributed by atoms with Gasteiger partial charge in [-0.25, -0.2) is 4.79 Å². The number of carbonyl (C=O) groups is 3. The van der Waals surface area contributed by atoms with Gasteiger partial charge in [0.1, 0.15) is 12.1 Å². The van der Waals surface area contributed by atoms with Crippen molar-refractivity contribution in [3.63, 3.8) is 0 Å². The lowest BCUT2D eigenvalue weighted by Gasteiger charge is -2.22. The summed E-state index contributed by atoms with van der Waals surface area (Å²) in [4.78, 5) is 34.6. The maximum atomic E-state index is 12.1. The normalized spacial score (nSPS) is 13.6. The standard InChI is InChI=1S/C13H24N2O4/c1-6-10(13(18)19-5)15-12(17)11(7-8(2)3)14-9(4)16/h8,10-11H,6-7H2,1-5H3,(H,14,16)(H,15,17)/t10-,11-/m0/s1. The Labute approximate surface area is 114 Å². The Morgan fingerprint density at radius 1 is 1.11 bits per heavy atom.